The van der Waals surface area contributed by atoms with E-state index in [1.807, 2.05) is 0 Å². The second kappa shape index (κ2) is 4.31. The molecule has 2 saturated heterocycles. The summed E-state index contributed by atoms with van der Waals surface area (Å²) in [6, 6.07) is 0. The molecule has 6 atom stereocenters. The number of carbonyl (C=O) groups excluding carboxylic acids is 2. The third-order valence-electron chi connectivity index (χ3n) is 2.80. The van der Waals surface area contributed by atoms with Crippen LogP contribution in [0.4, 0.5) is 0 Å². The SMILES string of the molecule is O=C1CC(O)C(=O)[C@H]2OC(O)[C@H](O)[C@@H](O1)[C@@H]2O. The van der Waals surface area contributed by atoms with Crippen LogP contribution in [0.1, 0.15) is 6.42 Å². The van der Waals surface area contributed by atoms with Gasteiger partial charge in [0.05, 0.1) is 6.42 Å². The Morgan fingerprint density at radius 3 is 2.35 bits per heavy atom. The zero-order valence-electron chi connectivity index (χ0n) is 8.59. The van der Waals surface area contributed by atoms with Crippen molar-refractivity contribution in [1.29, 1.82) is 0 Å². The van der Waals surface area contributed by atoms with Gasteiger partial charge in [-0.3, -0.25) is 9.59 Å². The summed E-state index contributed by atoms with van der Waals surface area (Å²) in [5, 5.41) is 37.8. The van der Waals surface area contributed by atoms with E-state index in [-0.39, 0.29) is 0 Å². The van der Waals surface area contributed by atoms with Gasteiger partial charge in [0.25, 0.3) is 0 Å². The molecule has 96 valence electrons. The zero-order chi connectivity index (χ0) is 12.7. The number of hydrogen-bond acceptors (Lipinski definition) is 8. The van der Waals surface area contributed by atoms with Gasteiger partial charge in [-0.25, -0.2) is 0 Å². The van der Waals surface area contributed by atoms with Crippen LogP contribution in [-0.2, 0) is 19.1 Å². The Bertz CT molecular complexity index is 342. The molecule has 0 amide bonds. The second-order valence-corrected chi connectivity index (χ2v) is 4.01. The monoisotopic (exact) mass is 248 g/mol. The Balaban J connectivity index is 2.32. The van der Waals surface area contributed by atoms with Crippen molar-refractivity contribution in [3.05, 3.63) is 0 Å². The highest BCUT2D eigenvalue weighted by atomic mass is 16.7. The largest absolute Gasteiger partial charge is 0.456 e. The predicted molar refractivity (Wildman–Crippen MR) is 48.4 cm³/mol. The number of rotatable bonds is 0. The van der Waals surface area contributed by atoms with Gasteiger partial charge < -0.3 is 29.9 Å². The van der Waals surface area contributed by atoms with E-state index < -0.39 is 55.0 Å². The van der Waals surface area contributed by atoms with Crippen molar-refractivity contribution in [2.45, 2.75) is 43.2 Å². The topological polar surface area (TPSA) is 134 Å². The van der Waals surface area contributed by atoms with Crippen molar-refractivity contribution in [1.82, 2.24) is 0 Å². The fourth-order valence-electron chi connectivity index (χ4n) is 1.87. The molecule has 0 aromatic heterocycles. The van der Waals surface area contributed by atoms with Crippen molar-refractivity contribution < 1.29 is 39.5 Å². The lowest BCUT2D eigenvalue weighted by Gasteiger charge is -2.41. The molecule has 0 aromatic rings. The van der Waals surface area contributed by atoms with Crippen LogP contribution in [-0.4, -0.2) is 69.0 Å². The molecule has 0 radical (unpaired) electrons. The summed E-state index contributed by atoms with van der Waals surface area (Å²) < 4.78 is 9.37. The van der Waals surface area contributed by atoms with Crippen LogP contribution in [0.2, 0.25) is 0 Å². The van der Waals surface area contributed by atoms with Crippen molar-refractivity contribution in [3.8, 4) is 0 Å². The molecule has 2 heterocycles. The fourth-order valence-corrected chi connectivity index (χ4v) is 1.87. The van der Waals surface area contributed by atoms with E-state index in [4.69, 9.17) is 0 Å². The van der Waals surface area contributed by atoms with Gasteiger partial charge >= 0.3 is 5.97 Å². The number of fused-ring (bicyclic) bond motifs is 2. The summed E-state index contributed by atoms with van der Waals surface area (Å²) >= 11 is 0. The minimum Gasteiger partial charge on any atom is -0.456 e. The highest BCUT2D eigenvalue weighted by molar-refractivity contribution is 5.91. The fraction of sp³-hybridized carbons (Fsp3) is 0.778. The van der Waals surface area contributed by atoms with Gasteiger partial charge in [-0.2, -0.15) is 0 Å². The standard InChI is InChI=1S/C9H12O8/c10-2-1-3(11)16-8-5(13)7(4(2)12)17-9(15)6(8)14/h2,5-10,13-15H,1H2/t2?,5-,6-,7-,8+,9?/m1/s1. The van der Waals surface area contributed by atoms with E-state index in [0.717, 1.165) is 0 Å². The first-order chi connectivity index (χ1) is 7.91. The molecule has 4 N–H and O–H groups in total. The van der Waals surface area contributed by atoms with Crippen molar-refractivity contribution >= 4 is 11.8 Å². The first-order valence-electron chi connectivity index (χ1n) is 5.02. The van der Waals surface area contributed by atoms with E-state index in [0.29, 0.717) is 0 Å². The molecule has 2 fully saturated rings. The van der Waals surface area contributed by atoms with Crippen LogP contribution < -0.4 is 0 Å². The molecule has 2 unspecified atom stereocenters. The smallest absolute Gasteiger partial charge is 0.309 e. The van der Waals surface area contributed by atoms with Gasteiger partial charge in [0.15, 0.2) is 24.3 Å². The lowest BCUT2D eigenvalue weighted by molar-refractivity contribution is -0.283. The Hall–Kier alpha value is -1.06. The maximum atomic E-state index is 11.6. The van der Waals surface area contributed by atoms with E-state index in [1.165, 1.54) is 0 Å². The lowest BCUT2D eigenvalue weighted by atomic mass is 9.92. The normalized spacial score (nSPS) is 47.1. The number of ketones is 1. The average Bonchev–Trinajstić information content (AvgIpc) is 2.27. The Morgan fingerprint density at radius 1 is 1.06 bits per heavy atom. The van der Waals surface area contributed by atoms with Gasteiger partial charge in [-0.1, -0.05) is 0 Å². The third kappa shape index (κ3) is 2.05. The van der Waals surface area contributed by atoms with Crippen LogP contribution in [0.5, 0.6) is 0 Å². The molecule has 2 bridgehead atoms. The number of aliphatic hydroxyl groups excluding tert-OH is 4. The molecule has 0 aliphatic carbocycles. The summed E-state index contributed by atoms with van der Waals surface area (Å²) in [5.74, 6) is -1.87. The molecular weight excluding hydrogens is 236 g/mol. The van der Waals surface area contributed by atoms with Gasteiger partial charge in [0, 0.05) is 0 Å². The van der Waals surface area contributed by atoms with Crippen LogP contribution in [0.25, 0.3) is 0 Å². The van der Waals surface area contributed by atoms with Gasteiger partial charge in [-0.05, 0) is 0 Å². The molecule has 8 nitrogen and oxygen atoms in total. The number of esters is 1. The Kier molecular flexibility index (Phi) is 3.15. The van der Waals surface area contributed by atoms with E-state index >= 15 is 0 Å². The number of ether oxygens (including phenoxy) is 2. The van der Waals surface area contributed by atoms with Crippen LogP contribution >= 0.6 is 0 Å². The maximum Gasteiger partial charge on any atom is 0.309 e. The summed E-state index contributed by atoms with van der Waals surface area (Å²) in [6.45, 7) is 0. The molecule has 0 spiro atoms. The molecule has 0 saturated carbocycles. The number of aliphatic hydroxyl groups is 4. The minimum atomic E-state index is -1.77. The molecule has 8 heteroatoms. The second-order valence-electron chi connectivity index (χ2n) is 4.01. The van der Waals surface area contributed by atoms with Crippen molar-refractivity contribution in [3.63, 3.8) is 0 Å². The Labute approximate surface area is 95.4 Å². The molecule has 0 aromatic carbocycles. The number of carbonyl (C=O) groups is 2. The average molecular weight is 248 g/mol. The van der Waals surface area contributed by atoms with E-state index in [9.17, 15) is 30.0 Å². The highest BCUT2D eigenvalue weighted by Crippen LogP contribution is 2.26. The quantitative estimate of drug-likeness (QED) is 0.327. The molecule has 2 aliphatic rings. The van der Waals surface area contributed by atoms with Gasteiger partial charge in [0.1, 0.15) is 18.3 Å². The maximum absolute atomic E-state index is 11.6. The van der Waals surface area contributed by atoms with Gasteiger partial charge in [-0.15, -0.1) is 0 Å². The lowest BCUT2D eigenvalue weighted by Crippen LogP contribution is -2.63. The van der Waals surface area contributed by atoms with E-state index in [1.54, 1.807) is 0 Å². The summed E-state index contributed by atoms with van der Waals surface area (Å²) in [5.41, 5.74) is 0. The van der Waals surface area contributed by atoms with Crippen molar-refractivity contribution in [2.75, 3.05) is 0 Å². The highest BCUT2D eigenvalue weighted by Gasteiger charge is 2.51. The first-order valence-corrected chi connectivity index (χ1v) is 5.02. The molecule has 2 rings (SSSR count). The van der Waals surface area contributed by atoms with Crippen molar-refractivity contribution in [2.24, 2.45) is 0 Å². The van der Waals surface area contributed by atoms with Crippen LogP contribution in [0.15, 0.2) is 0 Å². The summed E-state index contributed by atoms with van der Waals surface area (Å²) in [6.07, 6.45) is -10.3. The predicted octanol–water partition coefficient (Wildman–Crippen LogP) is -3.33. The first kappa shape index (κ1) is 12.4. The molecular formula is C9H12O8. The van der Waals surface area contributed by atoms with Crippen LogP contribution in [0.3, 0.4) is 0 Å². The minimum absolute atomic E-state index is 0.579. The Morgan fingerprint density at radius 2 is 1.71 bits per heavy atom. The molecule has 17 heavy (non-hydrogen) atoms. The third-order valence-corrected chi connectivity index (χ3v) is 2.80. The van der Waals surface area contributed by atoms with E-state index in [2.05, 4.69) is 9.47 Å². The number of hydrogen-bond donors (Lipinski definition) is 4. The van der Waals surface area contributed by atoms with Crippen LogP contribution in [0, 0.1) is 0 Å². The van der Waals surface area contributed by atoms with Gasteiger partial charge in [0.2, 0.25) is 0 Å². The summed E-state index contributed by atoms with van der Waals surface area (Å²) in [4.78, 5) is 22.8. The number of Topliss-reactive ketones (excluding diaryl/α,β-unsaturated/α-hetero) is 1. The summed E-state index contributed by atoms with van der Waals surface area (Å²) in [7, 11) is 0. The zero-order valence-corrected chi connectivity index (χ0v) is 8.59. The molecule has 2 aliphatic heterocycles.